The van der Waals surface area contributed by atoms with Crippen LogP contribution in [0.5, 0.6) is 0 Å². The van der Waals surface area contributed by atoms with E-state index in [1.807, 2.05) is 0 Å². The predicted molar refractivity (Wildman–Crippen MR) is 75.7 cm³/mol. The highest BCUT2D eigenvalue weighted by atomic mass is 79.9. The summed E-state index contributed by atoms with van der Waals surface area (Å²) in [4.78, 5) is 0.198. The molecule has 0 spiro atoms. The van der Waals surface area contributed by atoms with Crippen molar-refractivity contribution in [2.45, 2.75) is 25.2 Å². The molecular weight excluding hydrogens is 316 g/mol. The van der Waals surface area contributed by atoms with Gasteiger partial charge < -0.3 is 5.73 Å². The van der Waals surface area contributed by atoms with Crippen LogP contribution in [0.2, 0.25) is 0 Å². The number of nitrogen functional groups attached to an aromatic ring is 1. The maximum absolute atomic E-state index is 12.5. The molecule has 4 nitrogen and oxygen atoms in total. The molecule has 0 amide bonds. The fraction of sp³-hybridized carbons (Fsp3) is 0.500. The summed E-state index contributed by atoms with van der Waals surface area (Å²) in [6, 6.07) is 4.87. The van der Waals surface area contributed by atoms with Crippen LogP contribution in [0.4, 0.5) is 5.69 Å². The molecule has 1 heterocycles. The quantitative estimate of drug-likeness (QED) is 0.846. The fourth-order valence-corrected chi connectivity index (χ4v) is 4.27. The van der Waals surface area contributed by atoms with Crippen LogP contribution in [0.3, 0.4) is 0 Å². The summed E-state index contributed by atoms with van der Waals surface area (Å²) in [5.41, 5.74) is 6.13. The van der Waals surface area contributed by atoms with Crippen molar-refractivity contribution in [1.29, 1.82) is 0 Å². The van der Waals surface area contributed by atoms with Crippen LogP contribution in [-0.4, -0.2) is 25.8 Å². The third kappa shape index (κ3) is 2.55. The number of hydrogen-bond acceptors (Lipinski definition) is 3. The van der Waals surface area contributed by atoms with Crippen LogP contribution in [0.25, 0.3) is 0 Å². The molecule has 0 atom stereocenters. The van der Waals surface area contributed by atoms with Crippen LogP contribution in [0.15, 0.2) is 27.6 Å². The Balaban J connectivity index is 2.38. The summed E-state index contributed by atoms with van der Waals surface area (Å²) in [7, 11) is -3.47. The van der Waals surface area contributed by atoms with Gasteiger partial charge in [-0.3, -0.25) is 0 Å². The van der Waals surface area contributed by atoms with Crippen molar-refractivity contribution in [2.75, 3.05) is 18.8 Å². The summed E-state index contributed by atoms with van der Waals surface area (Å²) in [6.07, 6.45) is 0.878. The molecule has 1 saturated heterocycles. The first kappa shape index (κ1) is 13.8. The molecule has 2 N–H and O–H groups in total. The van der Waals surface area contributed by atoms with E-state index in [1.165, 1.54) is 4.31 Å². The first-order valence-electron chi connectivity index (χ1n) is 5.78. The Labute approximate surface area is 116 Å². The maximum Gasteiger partial charge on any atom is 0.245 e. The van der Waals surface area contributed by atoms with Gasteiger partial charge in [0.05, 0.1) is 5.69 Å². The third-order valence-electron chi connectivity index (χ3n) is 3.23. The molecular formula is C12H17BrN2O2S. The fourth-order valence-electron chi connectivity index (χ4n) is 2.16. The zero-order chi connectivity index (χ0) is 13.6. The van der Waals surface area contributed by atoms with Crippen LogP contribution in [-0.2, 0) is 10.0 Å². The Morgan fingerprint density at radius 1 is 1.39 bits per heavy atom. The molecule has 100 valence electrons. The monoisotopic (exact) mass is 332 g/mol. The SMILES string of the molecule is CC1(C)CCN(S(=O)(=O)c2ccc(Br)cc2N)C1. The zero-order valence-electron chi connectivity index (χ0n) is 10.5. The molecule has 0 bridgehead atoms. The highest BCUT2D eigenvalue weighted by Gasteiger charge is 2.37. The van der Waals surface area contributed by atoms with Gasteiger partial charge in [0, 0.05) is 17.6 Å². The van der Waals surface area contributed by atoms with Crippen molar-refractivity contribution in [3.63, 3.8) is 0 Å². The van der Waals surface area contributed by atoms with Gasteiger partial charge in [-0.25, -0.2) is 8.42 Å². The van der Waals surface area contributed by atoms with Crippen LogP contribution in [0, 0.1) is 5.41 Å². The van der Waals surface area contributed by atoms with Gasteiger partial charge in [0.25, 0.3) is 0 Å². The number of rotatable bonds is 2. The van der Waals surface area contributed by atoms with E-state index < -0.39 is 10.0 Å². The summed E-state index contributed by atoms with van der Waals surface area (Å²) >= 11 is 3.28. The molecule has 1 aromatic rings. The van der Waals surface area contributed by atoms with E-state index in [0.717, 1.165) is 10.9 Å². The first-order chi connectivity index (χ1) is 8.22. The summed E-state index contributed by atoms with van der Waals surface area (Å²) in [5.74, 6) is 0. The number of anilines is 1. The van der Waals surface area contributed by atoms with Gasteiger partial charge in [-0.1, -0.05) is 29.8 Å². The molecule has 0 aliphatic carbocycles. The lowest BCUT2D eigenvalue weighted by Gasteiger charge is -2.20. The second-order valence-electron chi connectivity index (χ2n) is 5.43. The maximum atomic E-state index is 12.5. The Bertz CT molecular complexity index is 569. The molecule has 1 aliphatic rings. The average Bonchev–Trinajstić information content (AvgIpc) is 2.58. The minimum atomic E-state index is -3.47. The number of benzene rings is 1. The van der Waals surface area contributed by atoms with E-state index in [0.29, 0.717) is 13.1 Å². The van der Waals surface area contributed by atoms with Crippen molar-refractivity contribution in [3.05, 3.63) is 22.7 Å². The Morgan fingerprint density at radius 2 is 2.06 bits per heavy atom. The number of nitrogens with two attached hydrogens (primary N) is 1. The molecule has 1 aliphatic heterocycles. The molecule has 0 saturated carbocycles. The molecule has 6 heteroatoms. The largest absolute Gasteiger partial charge is 0.398 e. The van der Waals surface area contributed by atoms with Crippen molar-refractivity contribution in [3.8, 4) is 0 Å². The Kier molecular flexibility index (Phi) is 3.46. The number of sulfonamides is 1. The minimum Gasteiger partial charge on any atom is -0.398 e. The normalized spacial score (nSPS) is 20.2. The van der Waals surface area contributed by atoms with Gasteiger partial charge in [-0.05, 0) is 30.0 Å². The summed E-state index contributed by atoms with van der Waals surface area (Å²) < 4.78 is 27.3. The van der Waals surface area contributed by atoms with Gasteiger partial charge in [0.2, 0.25) is 10.0 Å². The summed E-state index contributed by atoms with van der Waals surface area (Å²) in [5, 5.41) is 0. The summed E-state index contributed by atoms with van der Waals surface area (Å²) in [6.45, 7) is 5.26. The molecule has 0 aromatic heterocycles. The minimum absolute atomic E-state index is 0.0389. The van der Waals surface area contributed by atoms with Crippen molar-refractivity contribution < 1.29 is 8.42 Å². The molecule has 1 aromatic carbocycles. The average molecular weight is 333 g/mol. The van der Waals surface area contributed by atoms with Gasteiger partial charge in [0.15, 0.2) is 0 Å². The zero-order valence-corrected chi connectivity index (χ0v) is 12.9. The van der Waals surface area contributed by atoms with Crippen LogP contribution >= 0.6 is 15.9 Å². The van der Waals surface area contributed by atoms with Crippen molar-refractivity contribution >= 4 is 31.6 Å². The number of halogens is 1. The first-order valence-corrected chi connectivity index (χ1v) is 8.01. The van der Waals surface area contributed by atoms with E-state index >= 15 is 0 Å². The molecule has 18 heavy (non-hydrogen) atoms. The molecule has 1 fully saturated rings. The van der Waals surface area contributed by atoms with E-state index in [-0.39, 0.29) is 16.0 Å². The lowest BCUT2D eigenvalue weighted by atomic mass is 9.93. The van der Waals surface area contributed by atoms with Gasteiger partial charge in [-0.2, -0.15) is 4.31 Å². The van der Waals surface area contributed by atoms with Gasteiger partial charge in [0.1, 0.15) is 4.90 Å². The van der Waals surface area contributed by atoms with Gasteiger partial charge in [-0.15, -0.1) is 0 Å². The Hall–Kier alpha value is -0.590. The lowest BCUT2D eigenvalue weighted by Crippen LogP contribution is -2.30. The number of hydrogen-bond donors (Lipinski definition) is 1. The van der Waals surface area contributed by atoms with Crippen LogP contribution < -0.4 is 5.73 Å². The molecule has 0 radical (unpaired) electrons. The standard InChI is InChI=1S/C12H17BrN2O2S/c1-12(2)5-6-15(8-12)18(16,17)11-4-3-9(13)7-10(11)14/h3-4,7H,5-6,8,14H2,1-2H3. The van der Waals surface area contributed by atoms with Crippen LogP contribution in [0.1, 0.15) is 20.3 Å². The predicted octanol–water partition coefficient (Wildman–Crippen LogP) is 2.45. The second kappa shape index (κ2) is 4.51. The van der Waals surface area contributed by atoms with E-state index in [9.17, 15) is 8.42 Å². The number of nitrogens with zero attached hydrogens (tertiary/aromatic N) is 1. The highest BCUT2D eigenvalue weighted by Crippen LogP contribution is 2.34. The Morgan fingerprint density at radius 3 is 2.56 bits per heavy atom. The molecule has 2 rings (SSSR count). The van der Waals surface area contributed by atoms with E-state index in [4.69, 9.17) is 5.73 Å². The van der Waals surface area contributed by atoms with Gasteiger partial charge >= 0.3 is 0 Å². The second-order valence-corrected chi connectivity index (χ2v) is 8.26. The van der Waals surface area contributed by atoms with Crippen molar-refractivity contribution in [1.82, 2.24) is 4.31 Å². The van der Waals surface area contributed by atoms with Crippen molar-refractivity contribution in [2.24, 2.45) is 5.41 Å². The lowest BCUT2D eigenvalue weighted by molar-refractivity contribution is 0.375. The topological polar surface area (TPSA) is 63.4 Å². The smallest absolute Gasteiger partial charge is 0.245 e. The van der Waals surface area contributed by atoms with E-state index in [1.54, 1.807) is 18.2 Å². The van der Waals surface area contributed by atoms with E-state index in [2.05, 4.69) is 29.8 Å². The highest BCUT2D eigenvalue weighted by molar-refractivity contribution is 9.10. The third-order valence-corrected chi connectivity index (χ3v) is 5.64. The molecule has 0 unspecified atom stereocenters.